The van der Waals surface area contributed by atoms with Crippen molar-refractivity contribution in [2.45, 2.75) is 12.8 Å². The molecule has 0 bridgehead atoms. The van der Waals surface area contributed by atoms with E-state index in [0.29, 0.717) is 0 Å². The smallest absolute Gasteiger partial charge is 0.305 e. The van der Waals surface area contributed by atoms with Gasteiger partial charge in [0.2, 0.25) is 5.91 Å². The van der Waals surface area contributed by atoms with E-state index >= 15 is 0 Å². The van der Waals surface area contributed by atoms with Crippen LogP contribution in [0.1, 0.15) is 12.0 Å². The Morgan fingerprint density at radius 3 is 2.35 bits per heavy atom. The molecule has 0 radical (unpaired) electrons. The summed E-state index contributed by atoms with van der Waals surface area (Å²) in [5, 5.41) is 17.6. The van der Waals surface area contributed by atoms with Crippen molar-refractivity contribution in [3.05, 3.63) is 29.8 Å². The Balaban J connectivity index is 2.48. The lowest BCUT2D eigenvalue weighted by molar-refractivity contribution is -0.138. The highest BCUT2D eigenvalue weighted by molar-refractivity contribution is 5.79. The zero-order valence-electron chi connectivity index (χ0n) is 9.59. The minimum Gasteiger partial charge on any atom is -0.508 e. The van der Waals surface area contributed by atoms with Crippen molar-refractivity contribution in [3.63, 3.8) is 0 Å². The maximum atomic E-state index is 11.7. The zero-order chi connectivity index (χ0) is 12.8. The summed E-state index contributed by atoms with van der Waals surface area (Å²) >= 11 is 0. The van der Waals surface area contributed by atoms with Crippen molar-refractivity contribution in [2.24, 2.45) is 0 Å². The Bertz CT molecular complexity index is 399. The predicted molar refractivity (Wildman–Crippen MR) is 61.7 cm³/mol. The topological polar surface area (TPSA) is 77.8 Å². The summed E-state index contributed by atoms with van der Waals surface area (Å²) in [7, 11) is 1.58. The highest BCUT2D eigenvalue weighted by Gasteiger charge is 2.10. The molecule has 2 N–H and O–H groups in total. The van der Waals surface area contributed by atoms with Crippen molar-refractivity contribution in [2.75, 3.05) is 13.6 Å². The van der Waals surface area contributed by atoms with Crippen molar-refractivity contribution >= 4 is 11.9 Å². The summed E-state index contributed by atoms with van der Waals surface area (Å²) in [5.74, 6) is -0.911. The van der Waals surface area contributed by atoms with Gasteiger partial charge >= 0.3 is 5.97 Å². The first-order chi connectivity index (χ1) is 7.99. The number of benzene rings is 1. The van der Waals surface area contributed by atoms with Crippen LogP contribution in [-0.4, -0.2) is 40.6 Å². The molecule has 1 rings (SSSR count). The van der Waals surface area contributed by atoms with Gasteiger partial charge in [-0.1, -0.05) is 12.1 Å². The fourth-order valence-electron chi connectivity index (χ4n) is 1.31. The normalized spacial score (nSPS) is 9.94. The third kappa shape index (κ3) is 4.55. The van der Waals surface area contributed by atoms with Crippen LogP contribution in [0.15, 0.2) is 24.3 Å². The first-order valence-electron chi connectivity index (χ1n) is 5.22. The predicted octanol–water partition coefficient (Wildman–Crippen LogP) is 0.868. The number of carboxylic acid groups (broad SMARTS) is 1. The van der Waals surface area contributed by atoms with Gasteiger partial charge < -0.3 is 15.1 Å². The number of carbonyl (C=O) groups excluding carboxylic acids is 1. The second-order valence-corrected chi connectivity index (χ2v) is 3.80. The fraction of sp³-hybridized carbons (Fsp3) is 0.333. The summed E-state index contributed by atoms with van der Waals surface area (Å²) in [6, 6.07) is 6.36. The molecule has 92 valence electrons. The number of aromatic hydroxyl groups is 1. The molecule has 0 unspecified atom stereocenters. The molecular formula is C12H15NO4. The summed E-state index contributed by atoms with van der Waals surface area (Å²) in [5.41, 5.74) is 0.787. The lowest BCUT2D eigenvalue weighted by Crippen LogP contribution is -2.30. The van der Waals surface area contributed by atoms with Gasteiger partial charge in [0.15, 0.2) is 0 Å². The van der Waals surface area contributed by atoms with E-state index in [0.717, 1.165) is 5.56 Å². The van der Waals surface area contributed by atoms with Crippen LogP contribution in [0, 0.1) is 0 Å². The van der Waals surface area contributed by atoms with Gasteiger partial charge in [-0.25, -0.2) is 0 Å². The number of likely N-dealkylation sites (N-methyl/N-ethyl adjacent to an activating group) is 1. The SMILES string of the molecule is CN(CCC(=O)O)C(=O)Cc1ccc(O)cc1. The molecule has 0 atom stereocenters. The molecule has 5 nitrogen and oxygen atoms in total. The molecule has 1 amide bonds. The monoisotopic (exact) mass is 237 g/mol. The van der Waals surface area contributed by atoms with Gasteiger partial charge in [0.25, 0.3) is 0 Å². The van der Waals surface area contributed by atoms with Crippen molar-refractivity contribution in [1.29, 1.82) is 0 Å². The first kappa shape index (κ1) is 13.0. The van der Waals surface area contributed by atoms with E-state index < -0.39 is 5.97 Å². The minimum absolute atomic E-state index is 0.0577. The first-order valence-corrected chi connectivity index (χ1v) is 5.22. The fourth-order valence-corrected chi connectivity index (χ4v) is 1.31. The van der Waals surface area contributed by atoms with Gasteiger partial charge in [0, 0.05) is 13.6 Å². The molecule has 17 heavy (non-hydrogen) atoms. The Labute approximate surface area is 99.3 Å². The molecule has 0 saturated heterocycles. The molecular weight excluding hydrogens is 222 g/mol. The van der Waals surface area contributed by atoms with E-state index in [4.69, 9.17) is 10.2 Å². The molecule has 0 saturated carbocycles. The average molecular weight is 237 g/mol. The zero-order valence-corrected chi connectivity index (χ0v) is 9.59. The lowest BCUT2D eigenvalue weighted by Gasteiger charge is -2.15. The molecule has 1 aromatic rings. The standard InChI is InChI=1S/C12H15NO4/c1-13(7-6-12(16)17)11(15)8-9-2-4-10(14)5-3-9/h2-5,14H,6-8H2,1H3,(H,16,17). The molecule has 0 aliphatic rings. The van der Waals surface area contributed by atoms with Crippen LogP contribution in [0.3, 0.4) is 0 Å². The molecule has 5 heteroatoms. The van der Waals surface area contributed by atoms with E-state index in [1.54, 1.807) is 19.2 Å². The van der Waals surface area contributed by atoms with Crippen LogP contribution in [-0.2, 0) is 16.0 Å². The Morgan fingerprint density at radius 2 is 1.82 bits per heavy atom. The van der Waals surface area contributed by atoms with Crippen LogP contribution in [0.2, 0.25) is 0 Å². The van der Waals surface area contributed by atoms with Gasteiger partial charge in [-0.05, 0) is 17.7 Å². The largest absolute Gasteiger partial charge is 0.508 e. The van der Waals surface area contributed by atoms with Gasteiger partial charge in [-0.2, -0.15) is 0 Å². The highest BCUT2D eigenvalue weighted by atomic mass is 16.4. The van der Waals surface area contributed by atoms with E-state index in [9.17, 15) is 9.59 Å². The number of rotatable bonds is 5. The quantitative estimate of drug-likeness (QED) is 0.796. The Morgan fingerprint density at radius 1 is 1.24 bits per heavy atom. The molecule has 0 fully saturated rings. The van der Waals surface area contributed by atoms with E-state index in [2.05, 4.69) is 0 Å². The van der Waals surface area contributed by atoms with Gasteiger partial charge in [-0.3, -0.25) is 9.59 Å². The average Bonchev–Trinajstić information content (AvgIpc) is 2.28. The van der Waals surface area contributed by atoms with Crippen LogP contribution < -0.4 is 0 Å². The van der Waals surface area contributed by atoms with E-state index in [1.165, 1.54) is 17.0 Å². The minimum atomic E-state index is -0.922. The maximum absolute atomic E-state index is 11.7. The van der Waals surface area contributed by atoms with Crippen LogP contribution in [0.5, 0.6) is 5.75 Å². The van der Waals surface area contributed by atoms with Crippen LogP contribution in [0.25, 0.3) is 0 Å². The summed E-state index contributed by atoms with van der Waals surface area (Å²) in [4.78, 5) is 23.4. The number of hydrogen-bond donors (Lipinski definition) is 2. The number of carbonyl (C=O) groups is 2. The van der Waals surface area contributed by atoms with Crippen molar-refractivity contribution in [1.82, 2.24) is 4.90 Å². The molecule has 0 heterocycles. The summed E-state index contributed by atoms with van der Waals surface area (Å²) in [6.07, 6.45) is 0.147. The number of aliphatic carboxylic acids is 1. The second-order valence-electron chi connectivity index (χ2n) is 3.80. The third-order valence-corrected chi connectivity index (χ3v) is 2.38. The number of amides is 1. The van der Waals surface area contributed by atoms with Crippen molar-refractivity contribution < 1.29 is 19.8 Å². The Kier molecular flexibility index (Phi) is 4.51. The van der Waals surface area contributed by atoms with Crippen molar-refractivity contribution in [3.8, 4) is 5.75 Å². The van der Waals surface area contributed by atoms with Gasteiger partial charge in [0.1, 0.15) is 5.75 Å². The molecule has 1 aromatic carbocycles. The molecule has 0 spiro atoms. The number of hydrogen-bond acceptors (Lipinski definition) is 3. The molecule has 0 aliphatic heterocycles. The molecule has 0 aliphatic carbocycles. The number of nitrogens with zero attached hydrogens (tertiary/aromatic N) is 1. The Hall–Kier alpha value is -2.04. The summed E-state index contributed by atoms with van der Waals surface area (Å²) < 4.78 is 0. The number of phenolic OH excluding ortho intramolecular Hbond substituents is 1. The number of phenols is 1. The third-order valence-electron chi connectivity index (χ3n) is 2.38. The number of carboxylic acids is 1. The maximum Gasteiger partial charge on any atom is 0.305 e. The van der Waals surface area contributed by atoms with Gasteiger partial charge in [-0.15, -0.1) is 0 Å². The van der Waals surface area contributed by atoms with E-state index in [1.807, 2.05) is 0 Å². The van der Waals surface area contributed by atoms with Crippen LogP contribution in [0.4, 0.5) is 0 Å². The van der Waals surface area contributed by atoms with Gasteiger partial charge in [0.05, 0.1) is 12.8 Å². The molecule has 0 aromatic heterocycles. The summed E-state index contributed by atoms with van der Waals surface area (Å²) in [6.45, 7) is 0.201. The highest BCUT2D eigenvalue weighted by Crippen LogP contribution is 2.10. The lowest BCUT2D eigenvalue weighted by atomic mass is 10.1. The van der Waals surface area contributed by atoms with E-state index in [-0.39, 0.29) is 31.0 Å². The second kappa shape index (κ2) is 5.89. The van der Waals surface area contributed by atoms with Crippen LogP contribution >= 0.6 is 0 Å².